The van der Waals surface area contributed by atoms with Crippen molar-refractivity contribution in [1.82, 2.24) is 24.3 Å². The molecule has 4 heterocycles. The Morgan fingerprint density at radius 3 is 2.83 bits per heavy atom. The fraction of sp³-hybridized carbons (Fsp3) is 0.429. The van der Waals surface area contributed by atoms with Crippen molar-refractivity contribution in [3.63, 3.8) is 0 Å². The van der Waals surface area contributed by atoms with E-state index < -0.39 is 5.60 Å². The van der Waals surface area contributed by atoms with E-state index in [0.29, 0.717) is 19.0 Å². The number of imidazole rings is 1. The molecule has 0 saturated carbocycles. The lowest BCUT2D eigenvalue weighted by molar-refractivity contribution is 0.0293. The predicted octanol–water partition coefficient (Wildman–Crippen LogP) is 3.22. The van der Waals surface area contributed by atoms with Gasteiger partial charge in [0.25, 0.3) is 0 Å². The van der Waals surface area contributed by atoms with Crippen LogP contribution >= 0.6 is 0 Å². The third-order valence-electron chi connectivity index (χ3n) is 4.78. The highest BCUT2D eigenvalue weighted by atomic mass is 16.6. The number of carbonyl (C=O) groups is 1. The molecular weight excluding hydrogens is 384 g/mol. The minimum atomic E-state index is -0.495. The first kappa shape index (κ1) is 19.9. The number of ether oxygens (including phenoxy) is 2. The van der Waals surface area contributed by atoms with E-state index >= 15 is 0 Å². The van der Waals surface area contributed by atoms with Gasteiger partial charge in [-0.3, -0.25) is 4.40 Å². The van der Waals surface area contributed by atoms with Crippen LogP contribution in [-0.4, -0.2) is 62.2 Å². The van der Waals surface area contributed by atoms with Gasteiger partial charge in [-0.1, -0.05) is 6.07 Å². The summed E-state index contributed by atoms with van der Waals surface area (Å²) in [6.45, 7) is 6.86. The fourth-order valence-electron chi connectivity index (χ4n) is 3.40. The van der Waals surface area contributed by atoms with Crippen LogP contribution in [0.4, 0.5) is 10.6 Å². The van der Waals surface area contributed by atoms with Gasteiger partial charge >= 0.3 is 6.09 Å². The molecule has 3 aromatic rings. The minimum Gasteiger partial charge on any atom is -0.480 e. The number of methoxy groups -OCH3 is 1. The van der Waals surface area contributed by atoms with E-state index in [1.165, 1.54) is 0 Å². The number of anilines is 1. The number of hydrogen-bond donors (Lipinski definition) is 1. The second kappa shape index (κ2) is 7.81. The molecule has 1 fully saturated rings. The van der Waals surface area contributed by atoms with E-state index in [9.17, 15) is 4.79 Å². The van der Waals surface area contributed by atoms with Gasteiger partial charge in [-0.15, -0.1) is 0 Å². The summed E-state index contributed by atoms with van der Waals surface area (Å²) in [6, 6.07) is 5.92. The van der Waals surface area contributed by atoms with Gasteiger partial charge in [0, 0.05) is 19.1 Å². The summed E-state index contributed by atoms with van der Waals surface area (Å²) in [5, 5.41) is 3.43. The van der Waals surface area contributed by atoms with Gasteiger partial charge in [0.2, 0.25) is 5.88 Å². The Labute approximate surface area is 175 Å². The quantitative estimate of drug-likeness (QED) is 0.706. The first-order valence-electron chi connectivity index (χ1n) is 9.91. The summed E-state index contributed by atoms with van der Waals surface area (Å²) in [6.07, 6.45) is 5.77. The van der Waals surface area contributed by atoms with Gasteiger partial charge in [-0.25, -0.2) is 19.7 Å². The van der Waals surface area contributed by atoms with Crippen molar-refractivity contribution in [3.8, 4) is 17.3 Å². The van der Waals surface area contributed by atoms with Crippen LogP contribution < -0.4 is 10.1 Å². The van der Waals surface area contributed by atoms with E-state index in [0.717, 1.165) is 29.3 Å². The van der Waals surface area contributed by atoms with Gasteiger partial charge in [0.05, 0.1) is 37.1 Å². The molecule has 0 bridgehead atoms. The molecule has 0 spiro atoms. The Bertz CT molecular complexity index is 1060. The van der Waals surface area contributed by atoms with E-state index in [2.05, 4.69) is 15.3 Å². The van der Waals surface area contributed by atoms with Crippen LogP contribution in [0.5, 0.6) is 5.88 Å². The maximum Gasteiger partial charge on any atom is 0.410 e. The lowest BCUT2D eigenvalue weighted by Gasteiger charge is -2.24. The summed E-state index contributed by atoms with van der Waals surface area (Å²) in [5.41, 5.74) is 1.85. The van der Waals surface area contributed by atoms with Crippen molar-refractivity contribution in [2.24, 2.45) is 0 Å². The van der Waals surface area contributed by atoms with Crippen LogP contribution in [0, 0.1) is 0 Å². The van der Waals surface area contributed by atoms with Crippen LogP contribution in [0.25, 0.3) is 17.0 Å². The number of pyridine rings is 1. The molecule has 1 N–H and O–H groups in total. The van der Waals surface area contributed by atoms with Gasteiger partial charge in [-0.2, -0.15) is 0 Å². The van der Waals surface area contributed by atoms with Crippen molar-refractivity contribution in [2.75, 3.05) is 25.5 Å². The monoisotopic (exact) mass is 410 g/mol. The van der Waals surface area contributed by atoms with E-state index in [-0.39, 0.29) is 12.1 Å². The van der Waals surface area contributed by atoms with E-state index in [4.69, 9.17) is 14.5 Å². The lowest BCUT2D eigenvalue weighted by atomic mass is 10.2. The van der Waals surface area contributed by atoms with Crippen LogP contribution in [-0.2, 0) is 4.74 Å². The topological polar surface area (TPSA) is 93.9 Å². The van der Waals surface area contributed by atoms with Crippen molar-refractivity contribution in [3.05, 3.63) is 36.8 Å². The third kappa shape index (κ3) is 4.29. The molecule has 4 rings (SSSR count). The second-order valence-corrected chi connectivity index (χ2v) is 8.27. The van der Waals surface area contributed by atoms with Crippen molar-refractivity contribution in [2.45, 2.75) is 38.8 Å². The fourth-order valence-corrected chi connectivity index (χ4v) is 3.40. The molecule has 9 heteroatoms. The minimum absolute atomic E-state index is 0.117. The van der Waals surface area contributed by atoms with Crippen LogP contribution in [0.1, 0.15) is 27.2 Å². The first-order chi connectivity index (χ1) is 14.3. The highest BCUT2D eigenvalue weighted by molar-refractivity contribution is 5.69. The molecule has 1 saturated heterocycles. The van der Waals surface area contributed by atoms with Crippen LogP contribution in [0.15, 0.2) is 36.8 Å². The average Bonchev–Trinajstić information content (AvgIpc) is 3.33. The van der Waals surface area contributed by atoms with Crippen LogP contribution in [0.2, 0.25) is 0 Å². The SMILES string of the molecule is COc1cn2c(-c3cccc(NC4CCN(C(=O)OC(C)(C)C)C4)n3)cnc2cn1. The molecule has 1 amide bonds. The van der Waals surface area contributed by atoms with Crippen molar-refractivity contribution in [1.29, 1.82) is 0 Å². The Hall–Kier alpha value is -3.36. The van der Waals surface area contributed by atoms with Crippen molar-refractivity contribution < 1.29 is 14.3 Å². The maximum atomic E-state index is 12.3. The molecule has 1 unspecified atom stereocenters. The maximum absolute atomic E-state index is 12.3. The zero-order chi connectivity index (χ0) is 21.3. The molecule has 0 aliphatic carbocycles. The molecule has 1 aliphatic heterocycles. The number of fused-ring (bicyclic) bond motifs is 1. The molecule has 9 nitrogen and oxygen atoms in total. The molecule has 1 aliphatic rings. The Morgan fingerprint density at radius 1 is 1.23 bits per heavy atom. The number of likely N-dealkylation sites (tertiary alicyclic amines) is 1. The Kier molecular flexibility index (Phi) is 5.19. The largest absolute Gasteiger partial charge is 0.480 e. The third-order valence-corrected chi connectivity index (χ3v) is 4.78. The summed E-state index contributed by atoms with van der Waals surface area (Å²) < 4.78 is 12.6. The number of nitrogens with one attached hydrogen (secondary N) is 1. The van der Waals surface area contributed by atoms with Gasteiger partial charge in [0.15, 0.2) is 5.65 Å². The molecule has 3 aromatic heterocycles. The number of aromatic nitrogens is 4. The van der Waals surface area contributed by atoms with Gasteiger partial charge in [0.1, 0.15) is 11.4 Å². The molecule has 1 atom stereocenters. The number of amides is 1. The molecule has 30 heavy (non-hydrogen) atoms. The predicted molar refractivity (Wildman–Crippen MR) is 113 cm³/mol. The zero-order valence-corrected chi connectivity index (χ0v) is 17.6. The Morgan fingerprint density at radius 2 is 2.07 bits per heavy atom. The zero-order valence-electron chi connectivity index (χ0n) is 17.6. The smallest absolute Gasteiger partial charge is 0.410 e. The molecule has 0 aromatic carbocycles. The summed E-state index contributed by atoms with van der Waals surface area (Å²) in [7, 11) is 1.58. The highest BCUT2D eigenvalue weighted by Gasteiger charge is 2.29. The second-order valence-electron chi connectivity index (χ2n) is 8.27. The van der Waals surface area contributed by atoms with E-state index in [1.54, 1.807) is 30.6 Å². The van der Waals surface area contributed by atoms with Gasteiger partial charge in [-0.05, 0) is 39.3 Å². The standard InChI is InChI=1S/C21H26N6O3/c1-21(2,3)30-20(28)26-9-8-14(12-26)24-17-7-5-6-15(25-17)16-10-22-18-11-23-19(29-4)13-27(16)18/h5-7,10-11,13-14H,8-9,12H2,1-4H3,(H,24,25). The number of hydrogen-bond acceptors (Lipinski definition) is 7. The summed E-state index contributed by atoms with van der Waals surface area (Å²) in [4.78, 5) is 27.3. The first-order valence-corrected chi connectivity index (χ1v) is 9.91. The van der Waals surface area contributed by atoms with Crippen LogP contribution in [0.3, 0.4) is 0 Å². The molecule has 0 radical (unpaired) electrons. The molecule has 158 valence electrons. The van der Waals surface area contributed by atoms with Crippen molar-refractivity contribution >= 4 is 17.6 Å². The average molecular weight is 410 g/mol. The lowest BCUT2D eigenvalue weighted by Crippen LogP contribution is -2.36. The normalized spacial score (nSPS) is 16.7. The van der Waals surface area contributed by atoms with Gasteiger partial charge < -0.3 is 19.7 Å². The molecular formula is C21H26N6O3. The number of nitrogens with zero attached hydrogens (tertiary/aromatic N) is 5. The summed E-state index contributed by atoms with van der Waals surface area (Å²) in [5.74, 6) is 1.25. The van der Waals surface area contributed by atoms with E-state index in [1.807, 2.05) is 43.4 Å². The Balaban J connectivity index is 1.48. The summed E-state index contributed by atoms with van der Waals surface area (Å²) >= 11 is 0. The number of carbonyl (C=O) groups excluding carboxylic acids is 1. The highest BCUT2D eigenvalue weighted by Crippen LogP contribution is 2.23. The number of rotatable bonds is 4.